The van der Waals surface area contributed by atoms with Gasteiger partial charge in [-0.2, -0.15) is 0 Å². The molecular weight excluding hydrogens is 402 g/mol. The van der Waals surface area contributed by atoms with Gasteiger partial charge in [0, 0.05) is 25.6 Å². The third kappa shape index (κ3) is 3.57. The Morgan fingerprint density at radius 2 is 1.83 bits per heavy atom. The Bertz CT molecular complexity index is 989. The molecule has 0 saturated carbocycles. The number of likely N-dealkylation sites (tertiary alicyclic amines) is 2. The molecule has 7 heteroatoms. The standard InChI is InChI=1S/C22H23N3O2S2/c26-21(15-9-12-24(13-10-15)22(27)19-8-4-14-28-19)25-11-3-6-17(25)20-23-16-5-1-2-7-18(16)29-20/h1-2,4-5,7-8,14-15,17H,3,6,9-13H2/t17-/m0/s1. The molecule has 0 radical (unpaired) electrons. The van der Waals surface area contributed by atoms with Crippen LogP contribution in [0, 0.1) is 5.92 Å². The molecule has 1 aromatic carbocycles. The van der Waals surface area contributed by atoms with E-state index < -0.39 is 0 Å². The van der Waals surface area contributed by atoms with Gasteiger partial charge in [-0.15, -0.1) is 22.7 Å². The molecule has 2 aliphatic rings. The van der Waals surface area contributed by atoms with Crippen molar-refractivity contribution in [1.82, 2.24) is 14.8 Å². The van der Waals surface area contributed by atoms with Gasteiger partial charge in [0.15, 0.2) is 0 Å². The minimum absolute atomic E-state index is 0.0114. The summed E-state index contributed by atoms with van der Waals surface area (Å²) in [5, 5.41) is 2.99. The smallest absolute Gasteiger partial charge is 0.263 e. The number of thiophene rings is 1. The van der Waals surface area contributed by atoms with Crippen molar-refractivity contribution in [1.29, 1.82) is 0 Å². The maximum Gasteiger partial charge on any atom is 0.263 e. The molecule has 2 aliphatic heterocycles. The number of amides is 2. The molecule has 2 amide bonds. The molecule has 2 aromatic heterocycles. The number of hydrogen-bond acceptors (Lipinski definition) is 5. The summed E-state index contributed by atoms with van der Waals surface area (Å²) in [6.07, 6.45) is 3.52. The average molecular weight is 426 g/mol. The maximum absolute atomic E-state index is 13.3. The highest BCUT2D eigenvalue weighted by atomic mass is 32.1. The van der Waals surface area contributed by atoms with Gasteiger partial charge in [0.2, 0.25) is 5.91 Å². The minimum Gasteiger partial charge on any atom is -0.338 e. The first-order valence-corrected chi connectivity index (χ1v) is 11.9. The zero-order chi connectivity index (χ0) is 19.8. The van der Waals surface area contributed by atoms with Crippen molar-refractivity contribution in [2.45, 2.75) is 31.7 Å². The molecule has 4 heterocycles. The zero-order valence-corrected chi connectivity index (χ0v) is 17.8. The fraction of sp³-hybridized carbons (Fsp3) is 0.409. The topological polar surface area (TPSA) is 53.5 Å². The van der Waals surface area contributed by atoms with E-state index in [0.717, 1.165) is 47.6 Å². The van der Waals surface area contributed by atoms with Crippen LogP contribution >= 0.6 is 22.7 Å². The molecule has 0 unspecified atom stereocenters. The van der Waals surface area contributed by atoms with Crippen molar-refractivity contribution in [2.24, 2.45) is 5.92 Å². The van der Waals surface area contributed by atoms with Gasteiger partial charge in [-0.25, -0.2) is 4.98 Å². The van der Waals surface area contributed by atoms with Crippen LogP contribution in [-0.2, 0) is 4.79 Å². The Kier molecular flexibility index (Phi) is 5.09. The summed E-state index contributed by atoms with van der Waals surface area (Å²) in [5.74, 6) is 0.353. The highest BCUT2D eigenvalue weighted by Crippen LogP contribution is 2.38. The van der Waals surface area contributed by atoms with E-state index in [1.54, 1.807) is 11.3 Å². The van der Waals surface area contributed by atoms with Crippen LogP contribution in [0.25, 0.3) is 10.2 Å². The number of nitrogens with zero attached hydrogens (tertiary/aromatic N) is 3. The van der Waals surface area contributed by atoms with Crippen LogP contribution in [0.5, 0.6) is 0 Å². The van der Waals surface area contributed by atoms with Crippen molar-refractivity contribution >= 4 is 44.7 Å². The van der Waals surface area contributed by atoms with Gasteiger partial charge in [-0.05, 0) is 49.3 Å². The predicted molar refractivity (Wildman–Crippen MR) is 116 cm³/mol. The molecule has 3 aromatic rings. The molecule has 2 saturated heterocycles. The average Bonchev–Trinajstić information content (AvgIpc) is 3.52. The van der Waals surface area contributed by atoms with Crippen molar-refractivity contribution in [3.05, 3.63) is 51.7 Å². The molecule has 1 atom stereocenters. The van der Waals surface area contributed by atoms with Crippen molar-refractivity contribution in [2.75, 3.05) is 19.6 Å². The molecule has 0 N–H and O–H groups in total. The molecule has 0 aliphatic carbocycles. The van der Waals surface area contributed by atoms with Crippen molar-refractivity contribution in [3.63, 3.8) is 0 Å². The Morgan fingerprint density at radius 1 is 1.00 bits per heavy atom. The van der Waals surface area contributed by atoms with Gasteiger partial charge in [0.05, 0.1) is 21.1 Å². The molecule has 2 fully saturated rings. The number of thiazole rings is 1. The highest BCUT2D eigenvalue weighted by Gasteiger charge is 2.37. The van der Waals surface area contributed by atoms with Gasteiger partial charge in [-0.3, -0.25) is 9.59 Å². The second-order valence-electron chi connectivity index (χ2n) is 7.75. The van der Waals surface area contributed by atoms with E-state index in [0.29, 0.717) is 13.1 Å². The van der Waals surface area contributed by atoms with E-state index >= 15 is 0 Å². The summed E-state index contributed by atoms with van der Waals surface area (Å²) in [4.78, 5) is 35.4. The summed E-state index contributed by atoms with van der Waals surface area (Å²) in [5.41, 5.74) is 1.02. The Morgan fingerprint density at radius 3 is 2.59 bits per heavy atom. The summed E-state index contributed by atoms with van der Waals surface area (Å²) in [6, 6.07) is 12.1. The maximum atomic E-state index is 13.3. The number of rotatable bonds is 3. The zero-order valence-electron chi connectivity index (χ0n) is 16.1. The predicted octanol–water partition coefficient (Wildman–Crippen LogP) is 4.57. The van der Waals surface area contributed by atoms with E-state index in [9.17, 15) is 9.59 Å². The lowest BCUT2D eigenvalue weighted by molar-refractivity contribution is -0.137. The van der Waals surface area contributed by atoms with Crippen molar-refractivity contribution < 1.29 is 9.59 Å². The minimum atomic E-state index is 0.0114. The number of carbonyl (C=O) groups excluding carboxylic acids is 2. The van der Waals surface area contributed by atoms with Crippen LogP contribution < -0.4 is 0 Å². The number of benzene rings is 1. The molecule has 29 heavy (non-hydrogen) atoms. The fourth-order valence-electron chi connectivity index (χ4n) is 4.44. The van der Waals surface area contributed by atoms with Gasteiger partial charge in [0.1, 0.15) is 5.01 Å². The third-order valence-corrected chi connectivity index (χ3v) is 7.99. The Balaban J connectivity index is 1.26. The molecule has 5 nitrogen and oxygen atoms in total. The summed E-state index contributed by atoms with van der Waals surface area (Å²) >= 11 is 3.19. The highest BCUT2D eigenvalue weighted by molar-refractivity contribution is 7.18. The SMILES string of the molecule is O=C(c1cccs1)N1CCC(C(=O)N2CCC[C@H]2c2nc3ccccc3s2)CC1. The number of carbonyl (C=O) groups is 2. The lowest BCUT2D eigenvalue weighted by Crippen LogP contribution is -2.44. The molecule has 0 bridgehead atoms. The number of para-hydroxylation sites is 1. The Hall–Kier alpha value is -2.25. The van der Waals surface area contributed by atoms with E-state index in [4.69, 9.17) is 4.98 Å². The van der Waals surface area contributed by atoms with Crippen LogP contribution in [0.1, 0.15) is 46.4 Å². The van der Waals surface area contributed by atoms with Crippen LogP contribution in [0.15, 0.2) is 41.8 Å². The largest absolute Gasteiger partial charge is 0.338 e. The van der Waals surface area contributed by atoms with E-state index in [1.807, 2.05) is 40.6 Å². The van der Waals surface area contributed by atoms with Crippen LogP contribution in [-0.4, -0.2) is 46.2 Å². The molecular formula is C22H23N3O2S2. The Labute approximate surface area is 178 Å². The number of hydrogen-bond donors (Lipinski definition) is 0. The van der Waals surface area contributed by atoms with Crippen LogP contribution in [0.4, 0.5) is 0 Å². The fourth-order valence-corrected chi connectivity index (χ4v) is 6.25. The van der Waals surface area contributed by atoms with Crippen LogP contribution in [0.2, 0.25) is 0 Å². The molecule has 5 rings (SSSR count). The second kappa shape index (κ2) is 7.88. The first-order valence-electron chi connectivity index (χ1n) is 10.2. The van der Waals surface area contributed by atoms with Crippen LogP contribution in [0.3, 0.4) is 0 Å². The lowest BCUT2D eigenvalue weighted by Gasteiger charge is -2.34. The second-order valence-corrected chi connectivity index (χ2v) is 9.76. The summed E-state index contributed by atoms with van der Waals surface area (Å²) in [7, 11) is 0. The molecule has 150 valence electrons. The number of fused-ring (bicyclic) bond motifs is 1. The van der Waals surface area contributed by atoms with Gasteiger partial charge in [0.25, 0.3) is 5.91 Å². The lowest BCUT2D eigenvalue weighted by atomic mass is 9.95. The quantitative estimate of drug-likeness (QED) is 0.617. The monoisotopic (exact) mass is 425 g/mol. The first kappa shape index (κ1) is 18.8. The van der Waals surface area contributed by atoms with Gasteiger partial charge in [-0.1, -0.05) is 18.2 Å². The normalized spacial score (nSPS) is 20.5. The van der Waals surface area contributed by atoms with Gasteiger partial charge >= 0.3 is 0 Å². The van der Waals surface area contributed by atoms with E-state index in [1.165, 1.54) is 16.0 Å². The summed E-state index contributed by atoms with van der Waals surface area (Å²) in [6.45, 7) is 2.13. The van der Waals surface area contributed by atoms with Crippen molar-refractivity contribution in [3.8, 4) is 0 Å². The number of aromatic nitrogens is 1. The summed E-state index contributed by atoms with van der Waals surface area (Å²) < 4.78 is 1.18. The number of piperidine rings is 1. The van der Waals surface area contributed by atoms with E-state index in [2.05, 4.69) is 11.0 Å². The van der Waals surface area contributed by atoms with E-state index in [-0.39, 0.29) is 23.8 Å². The molecule has 0 spiro atoms. The van der Waals surface area contributed by atoms with Gasteiger partial charge < -0.3 is 9.80 Å². The third-order valence-electron chi connectivity index (χ3n) is 5.99. The first-order chi connectivity index (χ1) is 14.2.